The number of hydrogen-bond donors (Lipinski definition) is 2. The summed E-state index contributed by atoms with van der Waals surface area (Å²) in [6, 6.07) is 4.74. The number of aromatic carboxylic acids is 1. The van der Waals surface area contributed by atoms with E-state index in [1.807, 2.05) is 0 Å². The zero-order valence-electron chi connectivity index (χ0n) is 10.8. The van der Waals surface area contributed by atoms with Crippen molar-refractivity contribution in [3.8, 4) is 0 Å². The van der Waals surface area contributed by atoms with Gasteiger partial charge in [0, 0.05) is 7.05 Å². The molecule has 20 heavy (non-hydrogen) atoms. The van der Waals surface area contributed by atoms with Crippen LogP contribution in [0.15, 0.2) is 24.3 Å². The molecule has 0 unspecified atom stereocenters. The molecule has 0 saturated heterocycles. The summed E-state index contributed by atoms with van der Waals surface area (Å²) < 4.78 is 14.9. The Hall–Kier alpha value is -2.70. The minimum absolute atomic E-state index is 0.108. The molecule has 104 valence electrons. The Morgan fingerprint density at radius 2 is 2.05 bits per heavy atom. The Morgan fingerprint density at radius 3 is 2.60 bits per heavy atom. The number of anilines is 1. The van der Waals surface area contributed by atoms with Crippen LogP contribution in [0.25, 0.3) is 0 Å². The zero-order valence-corrected chi connectivity index (χ0v) is 10.8. The van der Waals surface area contributed by atoms with E-state index in [0.29, 0.717) is 5.69 Å². The van der Waals surface area contributed by atoms with E-state index in [1.165, 1.54) is 4.68 Å². The SMILES string of the molecule is Cc1cc(C(=O)Nc2cc(C(=O)O)ccc2F)n(C)n1. The number of hydrogen-bond acceptors (Lipinski definition) is 3. The maximum Gasteiger partial charge on any atom is 0.335 e. The largest absolute Gasteiger partial charge is 0.478 e. The predicted octanol–water partition coefficient (Wildman–Crippen LogP) is 1.82. The van der Waals surface area contributed by atoms with Crippen molar-refractivity contribution < 1.29 is 19.1 Å². The number of carbonyl (C=O) groups is 2. The van der Waals surface area contributed by atoms with Crippen LogP contribution in [0.2, 0.25) is 0 Å². The van der Waals surface area contributed by atoms with Crippen LogP contribution in [0.5, 0.6) is 0 Å². The molecule has 2 N–H and O–H groups in total. The van der Waals surface area contributed by atoms with Crippen molar-refractivity contribution in [1.82, 2.24) is 9.78 Å². The predicted molar refractivity (Wildman–Crippen MR) is 69.3 cm³/mol. The fourth-order valence-electron chi connectivity index (χ4n) is 1.76. The van der Waals surface area contributed by atoms with Gasteiger partial charge in [0.25, 0.3) is 5.91 Å². The van der Waals surface area contributed by atoms with Crippen molar-refractivity contribution in [3.05, 3.63) is 47.0 Å². The molecule has 1 aromatic heterocycles. The highest BCUT2D eigenvalue weighted by atomic mass is 19.1. The van der Waals surface area contributed by atoms with Gasteiger partial charge in [-0.05, 0) is 31.2 Å². The number of amides is 1. The van der Waals surface area contributed by atoms with E-state index in [9.17, 15) is 14.0 Å². The lowest BCUT2D eigenvalue weighted by atomic mass is 10.2. The van der Waals surface area contributed by atoms with Crippen molar-refractivity contribution >= 4 is 17.6 Å². The molecule has 2 aromatic rings. The second-order valence-corrected chi connectivity index (χ2v) is 4.25. The van der Waals surface area contributed by atoms with Gasteiger partial charge in [0.15, 0.2) is 0 Å². The molecule has 7 heteroatoms. The third-order valence-corrected chi connectivity index (χ3v) is 2.70. The fraction of sp³-hybridized carbons (Fsp3) is 0.154. The molecule has 0 bridgehead atoms. The summed E-state index contributed by atoms with van der Waals surface area (Å²) in [6.07, 6.45) is 0. The lowest BCUT2D eigenvalue weighted by Gasteiger charge is -2.07. The van der Waals surface area contributed by atoms with Crippen LogP contribution >= 0.6 is 0 Å². The molecule has 0 spiro atoms. The van der Waals surface area contributed by atoms with Crippen LogP contribution in [0.3, 0.4) is 0 Å². The van der Waals surface area contributed by atoms with Gasteiger partial charge in [-0.3, -0.25) is 9.48 Å². The Kier molecular flexibility index (Phi) is 3.51. The number of halogens is 1. The van der Waals surface area contributed by atoms with Crippen LogP contribution < -0.4 is 5.32 Å². The molecule has 1 amide bonds. The maximum atomic E-state index is 13.6. The summed E-state index contributed by atoms with van der Waals surface area (Å²) in [5, 5.41) is 15.2. The minimum Gasteiger partial charge on any atom is -0.478 e. The number of rotatable bonds is 3. The number of carboxylic acids is 1. The molecule has 1 heterocycles. The van der Waals surface area contributed by atoms with Gasteiger partial charge < -0.3 is 10.4 Å². The molecule has 1 aromatic carbocycles. The number of aryl methyl sites for hydroxylation is 2. The quantitative estimate of drug-likeness (QED) is 0.896. The van der Waals surface area contributed by atoms with Crippen molar-refractivity contribution in [1.29, 1.82) is 0 Å². The number of aromatic nitrogens is 2. The molecule has 0 aliphatic heterocycles. The van der Waals surface area contributed by atoms with E-state index in [0.717, 1.165) is 18.2 Å². The minimum atomic E-state index is -1.20. The van der Waals surface area contributed by atoms with Gasteiger partial charge in [0.05, 0.1) is 16.9 Å². The van der Waals surface area contributed by atoms with Gasteiger partial charge in [-0.2, -0.15) is 5.10 Å². The molecule has 6 nitrogen and oxygen atoms in total. The average Bonchev–Trinajstić information content (AvgIpc) is 2.71. The van der Waals surface area contributed by atoms with Crippen molar-refractivity contribution in [2.45, 2.75) is 6.92 Å². The van der Waals surface area contributed by atoms with Crippen LogP contribution in [0.4, 0.5) is 10.1 Å². The highest BCUT2D eigenvalue weighted by Gasteiger charge is 2.15. The molecule has 0 radical (unpaired) electrons. The van der Waals surface area contributed by atoms with E-state index in [-0.39, 0.29) is 16.9 Å². The Balaban J connectivity index is 2.30. The summed E-state index contributed by atoms with van der Waals surface area (Å²) >= 11 is 0. The second kappa shape index (κ2) is 5.12. The van der Waals surface area contributed by atoms with Gasteiger partial charge in [-0.25, -0.2) is 9.18 Å². The summed E-state index contributed by atoms with van der Waals surface area (Å²) in [4.78, 5) is 22.8. The van der Waals surface area contributed by atoms with Gasteiger partial charge in [-0.1, -0.05) is 0 Å². The number of benzene rings is 1. The zero-order chi connectivity index (χ0) is 14.9. The lowest BCUT2D eigenvalue weighted by molar-refractivity contribution is 0.0696. The molecular formula is C13H12FN3O3. The van der Waals surface area contributed by atoms with E-state index >= 15 is 0 Å². The molecular weight excluding hydrogens is 265 g/mol. The van der Waals surface area contributed by atoms with Crippen molar-refractivity contribution in [3.63, 3.8) is 0 Å². The number of nitrogens with zero attached hydrogens (tertiary/aromatic N) is 2. The first-order valence-electron chi connectivity index (χ1n) is 5.73. The maximum absolute atomic E-state index is 13.6. The monoisotopic (exact) mass is 277 g/mol. The molecule has 0 atom stereocenters. The topological polar surface area (TPSA) is 84.2 Å². The summed E-state index contributed by atoms with van der Waals surface area (Å²) in [7, 11) is 1.59. The number of carbonyl (C=O) groups excluding carboxylic acids is 1. The summed E-state index contributed by atoms with van der Waals surface area (Å²) in [6.45, 7) is 1.72. The first kappa shape index (κ1) is 13.7. The number of nitrogens with one attached hydrogen (secondary N) is 1. The smallest absolute Gasteiger partial charge is 0.335 e. The van der Waals surface area contributed by atoms with Crippen LogP contribution in [-0.2, 0) is 7.05 Å². The highest BCUT2D eigenvalue weighted by Crippen LogP contribution is 2.17. The first-order chi connectivity index (χ1) is 9.38. The van der Waals surface area contributed by atoms with Crippen LogP contribution in [0.1, 0.15) is 26.5 Å². The van der Waals surface area contributed by atoms with Crippen LogP contribution in [-0.4, -0.2) is 26.8 Å². The Labute approximate surface area is 113 Å². The summed E-state index contributed by atoms with van der Waals surface area (Å²) in [5.41, 5.74) is 0.608. The van der Waals surface area contributed by atoms with Crippen molar-refractivity contribution in [2.75, 3.05) is 5.32 Å². The molecule has 0 fully saturated rings. The van der Waals surface area contributed by atoms with Gasteiger partial charge >= 0.3 is 5.97 Å². The first-order valence-corrected chi connectivity index (χ1v) is 5.73. The van der Waals surface area contributed by atoms with Crippen molar-refractivity contribution in [2.24, 2.45) is 7.05 Å². The Morgan fingerprint density at radius 1 is 1.35 bits per heavy atom. The third kappa shape index (κ3) is 2.66. The van der Waals surface area contributed by atoms with Gasteiger partial charge in [-0.15, -0.1) is 0 Å². The average molecular weight is 277 g/mol. The molecule has 0 saturated carbocycles. The second-order valence-electron chi connectivity index (χ2n) is 4.25. The lowest BCUT2D eigenvalue weighted by Crippen LogP contribution is -2.17. The normalized spacial score (nSPS) is 10.3. The molecule has 0 aliphatic carbocycles. The standard InChI is InChI=1S/C13H12FN3O3/c1-7-5-11(17(2)16-7)12(18)15-10-6-8(13(19)20)3-4-9(10)14/h3-6H,1-2H3,(H,15,18)(H,19,20). The van der Waals surface area contributed by atoms with Gasteiger partial charge in [0.2, 0.25) is 0 Å². The van der Waals surface area contributed by atoms with E-state index in [1.54, 1.807) is 20.0 Å². The highest BCUT2D eigenvalue weighted by molar-refractivity contribution is 6.03. The van der Waals surface area contributed by atoms with E-state index < -0.39 is 17.7 Å². The summed E-state index contributed by atoms with van der Waals surface area (Å²) in [5.74, 6) is -2.46. The number of carboxylic acid groups (broad SMARTS) is 1. The third-order valence-electron chi connectivity index (χ3n) is 2.70. The van der Waals surface area contributed by atoms with Gasteiger partial charge in [0.1, 0.15) is 11.5 Å². The molecule has 0 aliphatic rings. The fourth-order valence-corrected chi connectivity index (χ4v) is 1.76. The Bertz CT molecular complexity index is 694. The van der Waals surface area contributed by atoms with E-state index in [4.69, 9.17) is 5.11 Å². The molecule has 2 rings (SSSR count). The van der Waals surface area contributed by atoms with Crippen LogP contribution in [0, 0.1) is 12.7 Å². The van der Waals surface area contributed by atoms with E-state index in [2.05, 4.69) is 10.4 Å².